The predicted octanol–water partition coefficient (Wildman–Crippen LogP) is 3.62. The Balaban J connectivity index is 2.36. The van der Waals surface area contributed by atoms with Crippen LogP contribution in [-0.2, 0) is 0 Å². The Morgan fingerprint density at radius 3 is 1.64 bits per heavy atom. The van der Waals surface area contributed by atoms with Gasteiger partial charge in [-0.05, 0) is 25.7 Å². The van der Waals surface area contributed by atoms with Crippen molar-refractivity contribution < 1.29 is 0 Å². The minimum absolute atomic E-state index is 1.24. The molecule has 0 saturated heterocycles. The molecule has 0 heteroatoms. The normalized spacial score (nSPS) is 28.4. The third kappa shape index (κ3) is 4.60. The van der Waals surface area contributed by atoms with Gasteiger partial charge in [0, 0.05) is 0 Å². The molecule has 0 unspecified atom stereocenters. The van der Waals surface area contributed by atoms with Crippen LogP contribution in [0, 0.1) is 0 Å². The molecule has 0 N–H and O–H groups in total. The highest BCUT2D eigenvalue weighted by Crippen LogP contribution is 2.05. The van der Waals surface area contributed by atoms with E-state index in [0.29, 0.717) is 0 Å². The van der Waals surface area contributed by atoms with Crippen molar-refractivity contribution in [2.24, 2.45) is 0 Å². The van der Waals surface area contributed by atoms with Crippen LogP contribution in [0.4, 0.5) is 0 Å². The summed E-state index contributed by atoms with van der Waals surface area (Å²) in [4.78, 5) is 0. The van der Waals surface area contributed by atoms with Crippen molar-refractivity contribution in [1.29, 1.82) is 0 Å². The van der Waals surface area contributed by atoms with Gasteiger partial charge in [0.15, 0.2) is 0 Å². The first-order chi connectivity index (χ1) is 5.50. The Kier molecular flexibility index (Phi) is 4.51. The van der Waals surface area contributed by atoms with Crippen LogP contribution >= 0.6 is 0 Å². The molecule has 0 aromatic carbocycles. The van der Waals surface area contributed by atoms with E-state index in [-0.39, 0.29) is 0 Å². The van der Waals surface area contributed by atoms with E-state index in [9.17, 15) is 0 Å². The molecule has 0 bridgehead atoms. The maximum absolute atomic E-state index is 2.25. The van der Waals surface area contributed by atoms with Gasteiger partial charge >= 0.3 is 0 Å². The Morgan fingerprint density at radius 1 is 0.545 bits per heavy atom. The van der Waals surface area contributed by atoms with Gasteiger partial charge in [-0.15, -0.1) is 0 Å². The topological polar surface area (TPSA) is 0 Å². The quantitative estimate of drug-likeness (QED) is 0.492. The molecular weight excluding hydrogens is 132 g/mol. The SMILES string of the molecule is C1=C\CCCCC\C=C/C=C/1. The third-order valence-electron chi connectivity index (χ3n) is 1.85. The molecule has 0 amide bonds. The van der Waals surface area contributed by atoms with Crippen molar-refractivity contribution in [2.75, 3.05) is 0 Å². The lowest BCUT2D eigenvalue weighted by molar-refractivity contribution is 0.696. The van der Waals surface area contributed by atoms with E-state index >= 15 is 0 Å². The summed E-state index contributed by atoms with van der Waals surface area (Å²) in [5.74, 6) is 0. The Hall–Kier alpha value is -0.780. The molecule has 1 rings (SSSR count). The van der Waals surface area contributed by atoms with Gasteiger partial charge in [0.1, 0.15) is 0 Å². The second-order valence-corrected chi connectivity index (χ2v) is 2.88. The minimum Gasteiger partial charge on any atom is -0.0845 e. The summed E-state index contributed by atoms with van der Waals surface area (Å²) in [5.41, 5.74) is 0. The van der Waals surface area contributed by atoms with Crippen molar-refractivity contribution in [1.82, 2.24) is 0 Å². The maximum atomic E-state index is 2.25. The van der Waals surface area contributed by atoms with Gasteiger partial charge in [0.05, 0.1) is 0 Å². The summed E-state index contributed by atoms with van der Waals surface area (Å²) in [7, 11) is 0. The fourth-order valence-corrected chi connectivity index (χ4v) is 1.18. The van der Waals surface area contributed by atoms with E-state index in [4.69, 9.17) is 0 Å². The zero-order chi connectivity index (χ0) is 7.78. The van der Waals surface area contributed by atoms with Crippen LogP contribution in [0.5, 0.6) is 0 Å². The van der Waals surface area contributed by atoms with Gasteiger partial charge in [-0.3, -0.25) is 0 Å². The van der Waals surface area contributed by atoms with Crippen LogP contribution in [0.25, 0.3) is 0 Å². The molecular formula is C11H16. The molecule has 0 radical (unpaired) electrons. The molecule has 0 aromatic rings. The van der Waals surface area contributed by atoms with E-state index in [1.54, 1.807) is 0 Å². The number of hydrogen-bond acceptors (Lipinski definition) is 0. The Labute approximate surface area is 69.3 Å². The zero-order valence-corrected chi connectivity index (χ0v) is 7.00. The molecule has 1 aliphatic rings. The number of rotatable bonds is 0. The monoisotopic (exact) mass is 148 g/mol. The molecule has 0 atom stereocenters. The molecule has 0 spiro atoms. The first-order valence-corrected chi connectivity index (χ1v) is 4.48. The van der Waals surface area contributed by atoms with Gasteiger partial charge in [0.2, 0.25) is 0 Å². The molecule has 0 heterocycles. The van der Waals surface area contributed by atoms with Crippen LogP contribution in [0.2, 0.25) is 0 Å². The third-order valence-corrected chi connectivity index (χ3v) is 1.85. The van der Waals surface area contributed by atoms with Crippen LogP contribution in [0.15, 0.2) is 36.5 Å². The van der Waals surface area contributed by atoms with Crippen molar-refractivity contribution in [3.8, 4) is 0 Å². The smallest absolute Gasteiger partial charge is 0.0348 e. The van der Waals surface area contributed by atoms with Crippen LogP contribution in [0.1, 0.15) is 32.1 Å². The lowest BCUT2D eigenvalue weighted by Gasteiger charge is -1.93. The van der Waals surface area contributed by atoms with Gasteiger partial charge in [0.25, 0.3) is 0 Å². The molecule has 0 saturated carbocycles. The molecule has 0 aromatic heterocycles. The summed E-state index contributed by atoms with van der Waals surface area (Å²) in [5, 5.41) is 0. The average molecular weight is 148 g/mol. The molecule has 60 valence electrons. The predicted molar refractivity (Wildman–Crippen MR) is 50.5 cm³/mol. The van der Waals surface area contributed by atoms with Gasteiger partial charge in [-0.2, -0.15) is 0 Å². The molecule has 0 aliphatic heterocycles. The summed E-state index contributed by atoms with van der Waals surface area (Å²) < 4.78 is 0. The molecule has 0 nitrogen and oxygen atoms in total. The summed E-state index contributed by atoms with van der Waals surface area (Å²) >= 11 is 0. The van der Waals surface area contributed by atoms with E-state index in [0.717, 1.165) is 0 Å². The Bertz CT molecular complexity index is 143. The zero-order valence-electron chi connectivity index (χ0n) is 7.00. The summed E-state index contributed by atoms with van der Waals surface area (Å²) in [6, 6.07) is 0. The van der Waals surface area contributed by atoms with E-state index in [1.165, 1.54) is 32.1 Å². The highest BCUT2D eigenvalue weighted by molar-refractivity contribution is 5.11. The lowest BCUT2D eigenvalue weighted by atomic mass is 10.1. The highest BCUT2D eigenvalue weighted by Gasteiger charge is 1.85. The average Bonchev–Trinajstić information content (AvgIpc) is 2.08. The summed E-state index contributed by atoms with van der Waals surface area (Å²) in [6.45, 7) is 0. The van der Waals surface area contributed by atoms with Gasteiger partial charge < -0.3 is 0 Å². The first-order valence-electron chi connectivity index (χ1n) is 4.48. The van der Waals surface area contributed by atoms with Crippen LogP contribution in [-0.4, -0.2) is 0 Å². The molecule has 0 fully saturated rings. The Morgan fingerprint density at radius 2 is 1.09 bits per heavy atom. The van der Waals surface area contributed by atoms with Crippen molar-refractivity contribution in [3.05, 3.63) is 36.5 Å². The maximum Gasteiger partial charge on any atom is -0.0348 e. The fraction of sp³-hybridized carbons (Fsp3) is 0.455. The van der Waals surface area contributed by atoms with E-state index < -0.39 is 0 Å². The van der Waals surface area contributed by atoms with Crippen molar-refractivity contribution in [2.45, 2.75) is 32.1 Å². The number of hydrogen-bond donors (Lipinski definition) is 0. The van der Waals surface area contributed by atoms with Crippen molar-refractivity contribution >= 4 is 0 Å². The van der Waals surface area contributed by atoms with Gasteiger partial charge in [-0.1, -0.05) is 42.9 Å². The van der Waals surface area contributed by atoms with Crippen molar-refractivity contribution in [3.63, 3.8) is 0 Å². The first kappa shape index (κ1) is 8.32. The summed E-state index contributed by atoms with van der Waals surface area (Å²) in [6.07, 6.45) is 19.5. The van der Waals surface area contributed by atoms with E-state index in [2.05, 4.69) is 36.5 Å². The largest absolute Gasteiger partial charge is 0.0845 e. The number of allylic oxidation sites excluding steroid dienone is 6. The van der Waals surface area contributed by atoms with Gasteiger partial charge in [-0.25, -0.2) is 0 Å². The highest BCUT2D eigenvalue weighted by atomic mass is 13.9. The second-order valence-electron chi connectivity index (χ2n) is 2.88. The molecule has 11 heavy (non-hydrogen) atoms. The second kappa shape index (κ2) is 5.96. The fourth-order valence-electron chi connectivity index (χ4n) is 1.18. The standard InChI is InChI=1S/C11H16/c1-2-4-6-8-10-11-9-7-5-3-1/h1-6H,7-11H2/b2-1+,5-3-,6-4-. The van der Waals surface area contributed by atoms with Crippen LogP contribution in [0.3, 0.4) is 0 Å². The minimum atomic E-state index is 1.24. The molecule has 1 aliphatic carbocycles. The van der Waals surface area contributed by atoms with E-state index in [1.807, 2.05) is 0 Å². The lowest BCUT2D eigenvalue weighted by Crippen LogP contribution is -1.73. The van der Waals surface area contributed by atoms with Crippen LogP contribution < -0.4 is 0 Å².